The van der Waals surface area contributed by atoms with Crippen LogP contribution in [0.3, 0.4) is 0 Å². The molecule has 0 bridgehead atoms. The molecule has 2 N–H and O–H groups in total. The molecule has 27 heavy (non-hydrogen) atoms. The number of anilines is 1. The fourth-order valence-corrected chi connectivity index (χ4v) is 4.18. The van der Waals surface area contributed by atoms with Gasteiger partial charge < -0.3 is 10.6 Å². The number of aromatic nitrogens is 1. The van der Waals surface area contributed by atoms with Crippen molar-refractivity contribution in [1.29, 1.82) is 0 Å². The Bertz CT molecular complexity index is 655. The molecule has 1 saturated heterocycles. The highest BCUT2D eigenvalue weighted by Crippen LogP contribution is 2.24. The molecular formula is C21H32N4O2. The summed E-state index contributed by atoms with van der Waals surface area (Å²) in [5, 5.41) is 6.14. The Kier molecular flexibility index (Phi) is 6.83. The van der Waals surface area contributed by atoms with E-state index < -0.39 is 0 Å². The van der Waals surface area contributed by atoms with Crippen molar-refractivity contribution in [2.75, 3.05) is 25.0 Å². The van der Waals surface area contributed by atoms with Gasteiger partial charge in [0.1, 0.15) is 5.82 Å². The fourth-order valence-electron chi connectivity index (χ4n) is 4.18. The minimum atomic E-state index is -0.00927. The first-order valence-corrected chi connectivity index (χ1v) is 10.3. The van der Waals surface area contributed by atoms with E-state index in [0.717, 1.165) is 38.0 Å². The Hall–Kier alpha value is -1.95. The number of rotatable bonds is 5. The molecule has 0 radical (unpaired) electrons. The highest BCUT2D eigenvalue weighted by molar-refractivity contribution is 5.91. The molecule has 2 amide bonds. The van der Waals surface area contributed by atoms with Gasteiger partial charge in [0, 0.05) is 17.7 Å². The van der Waals surface area contributed by atoms with Gasteiger partial charge >= 0.3 is 0 Å². The lowest BCUT2D eigenvalue weighted by Crippen LogP contribution is -2.47. The van der Waals surface area contributed by atoms with Crippen LogP contribution in [-0.4, -0.2) is 47.4 Å². The third kappa shape index (κ3) is 5.76. The Labute approximate surface area is 162 Å². The van der Waals surface area contributed by atoms with Crippen LogP contribution in [-0.2, 0) is 9.59 Å². The second-order valence-electron chi connectivity index (χ2n) is 8.14. The van der Waals surface area contributed by atoms with Crippen LogP contribution in [0.2, 0.25) is 0 Å². The van der Waals surface area contributed by atoms with Gasteiger partial charge in [-0.25, -0.2) is 4.98 Å². The van der Waals surface area contributed by atoms with Gasteiger partial charge in [-0.3, -0.25) is 14.5 Å². The number of nitrogens with zero attached hydrogens (tertiary/aromatic N) is 2. The predicted octanol–water partition coefficient (Wildman–Crippen LogP) is 2.74. The Morgan fingerprint density at radius 3 is 2.59 bits per heavy atom. The molecule has 0 spiro atoms. The van der Waals surface area contributed by atoms with Crippen molar-refractivity contribution in [2.45, 2.75) is 58.4 Å². The minimum absolute atomic E-state index is 0.00927. The zero-order valence-corrected chi connectivity index (χ0v) is 16.5. The summed E-state index contributed by atoms with van der Waals surface area (Å²) in [4.78, 5) is 31.3. The first-order valence-electron chi connectivity index (χ1n) is 10.3. The van der Waals surface area contributed by atoms with Crippen molar-refractivity contribution in [3.63, 3.8) is 0 Å². The van der Waals surface area contributed by atoms with E-state index in [0.29, 0.717) is 24.3 Å². The summed E-state index contributed by atoms with van der Waals surface area (Å²) in [7, 11) is 0. The second-order valence-corrected chi connectivity index (χ2v) is 8.14. The molecule has 2 heterocycles. The Morgan fingerprint density at radius 2 is 1.89 bits per heavy atom. The summed E-state index contributed by atoms with van der Waals surface area (Å²) in [6.45, 7) is 6.15. The number of hydrogen-bond acceptors (Lipinski definition) is 4. The third-order valence-electron chi connectivity index (χ3n) is 5.92. The molecule has 1 saturated carbocycles. The molecule has 2 aliphatic rings. The van der Waals surface area contributed by atoms with Crippen LogP contribution in [0.15, 0.2) is 18.2 Å². The summed E-state index contributed by atoms with van der Waals surface area (Å²) in [6.07, 6.45) is 6.37. The van der Waals surface area contributed by atoms with E-state index >= 15 is 0 Å². The topological polar surface area (TPSA) is 74.3 Å². The van der Waals surface area contributed by atoms with Crippen LogP contribution < -0.4 is 10.6 Å². The lowest BCUT2D eigenvalue weighted by molar-refractivity contribution is -0.124. The molecule has 0 aromatic carbocycles. The maximum Gasteiger partial charge on any atom is 0.234 e. The molecular weight excluding hydrogens is 340 g/mol. The Morgan fingerprint density at radius 1 is 1.15 bits per heavy atom. The van der Waals surface area contributed by atoms with Crippen LogP contribution in [0, 0.1) is 18.8 Å². The molecule has 6 nitrogen and oxygen atoms in total. The number of nitrogens with one attached hydrogen (secondary N) is 2. The van der Waals surface area contributed by atoms with Crippen LogP contribution >= 0.6 is 0 Å². The summed E-state index contributed by atoms with van der Waals surface area (Å²) in [5.74, 6) is 1.34. The summed E-state index contributed by atoms with van der Waals surface area (Å²) in [5.41, 5.74) is 0.890. The van der Waals surface area contributed by atoms with Crippen LogP contribution in [0.25, 0.3) is 0 Å². The lowest BCUT2D eigenvalue weighted by Gasteiger charge is -2.33. The van der Waals surface area contributed by atoms with E-state index in [1.54, 1.807) is 0 Å². The van der Waals surface area contributed by atoms with Crippen molar-refractivity contribution in [2.24, 2.45) is 11.8 Å². The normalized spacial score (nSPS) is 24.4. The largest absolute Gasteiger partial charge is 0.352 e. The second kappa shape index (κ2) is 9.31. The van der Waals surface area contributed by atoms with Crippen molar-refractivity contribution < 1.29 is 9.59 Å². The average molecular weight is 373 g/mol. The first kappa shape index (κ1) is 19.8. The van der Waals surface area contributed by atoms with Crippen molar-refractivity contribution in [1.82, 2.24) is 15.2 Å². The van der Waals surface area contributed by atoms with E-state index in [2.05, 4.69) is 27.4 Å². The van der Waals surface area contributed by atoms with E-state index in [-0.39, 0.29) is 17.7 Å². The molecule has 1 aromatic rings. The van der Waals surface area contributed by atoms with Gasteiger partial charge in [-0.05, 0) is 63.7 Å². The maximum absolute atomic E-state index is 12.5. The number of piperidine rings is 1. The first-order chi connectivity index (χ1) is 13.0. The van der Waals surface area contributed by atoms with E-state index in [9.17, 15) is 9.59 Å². The van der Waals surface area contributed by atoms with Gasteiger partial charge in [0.15, 0.2) is 0 Å². The molecule has 148 valence electrons. The quantitative estimate of drug-likeness (QED) is 0.833. The smallest absolute Gasteiger partial charge is 0.234 e. The molecule has 3 rings (SSSR count). The number of carbonyl (C=O) groups is 2. The molecule has 1 aromatic heterocycles. The van der Waals surface area contributed by atoms with Gasteiger partial charge in [0.05, 0.1) is 6.54 Å². The summed E-state index contributed by atoms with van der Waals surface area (Å²) < 4.78 is 0. The Balaban J connectivity index is 1.40. The number of likely N-dealkylation sites (tertiary alicyclic amines) is 1. The average Bonchev–Trinajstić information content (AvgIpc) is 2.64. The van der Waals surface area contributed by atoms with Gasteiger partial charge in [-0.2, -0.15) is 0 Å². The number of amides is 2. The molecule has 2 atom stereocenters. The number of aryl methyl sites for hydroxylation is 1. The molecule has 1 aliphatic carbocycles. The highest BCUT2D eigenvalue weighted by atomic mass is 16.2. The predicted molar refractivity (Wildman–Crippen MR) is 106 cm³/mol. The number of pyridine rings is 1. The zero-order valence-electron chi connectivity index (χ0n) is 16.5. The van der Waals surface area contributed by atoms with Crippen molar-refractivity contribution >= 4 is 17.6 Å². The van der Waals surface area contributed by atoms with Gasteiger partial charge in [-0.1, -0.05) is 25.8 Å². The molecule has 0 unspecified atom stereocenters. The van der Waals surface area contributed by atoms with Crippen molar-refractivity contribution in [3.05, 3.63) is 23.9 Å². The van der Waals surface area contributed by atoms with Gasteiger partial charge in [0.25, 0.3) is 0 Å². The van der Waals surface area contributed by atoms with E-state index in [1.807, 2.05) is 25.1 Å². The molecule has 6 heteroatoms. The molecule has 1 aliphatic heterocycles. The van der Waals surface area contributed by atoms with Crippen LogP contribution in [0.5, 0.6) is 0 Å². The number of hydrogen-bond donors (Lipinski definition) is 2. The standard InChI is InChI=1S/C21H32N4O2/c1-15-6-3-4-8-18(15)23-20(26)14-25-12-10-17(11-13-25)21(27)24-19-9-5-7-16(2)22-19/h5,7,9,15,17-18H,3-4,6,8,10-14H2,1-2H3,(H,23,26)(H,22,24,27)/t15-,18-/m1/s1. The highest BCUT2D eigenvalue weighted by Gasteiger charge is 2.27. The van der Waals surface area contributed by atoms with Gasteiger partial charge in [-0.15, -0.1) is 0 Å². The summed E-state index contributed by atoms with van der Waals surface area (Å²) in [6, 6.07) is 5.95. The summed E-state index contributed by atoms with van der Waals surface area (Å²) >= 11 is 0. The third-order valence-corrected chi connectivity index (χ3v) is 5.92. The monoisotopic (exact) mass is 372 g/mol. The molecule has 2 fully saturated rings. The van der Waals surface area contributed by atoms with Crippen LogP contribution in [0.4, 0.5) is 5.82 Å². The van der Waals surface area contributed by atoms with E-state index in [1.165, 1.54) is 19.3 Å². The van der Waals surface area contributed by atoms with Gasteiger partial charge in [0.2, 0.25) is 11.8 Å². The maximum atomic E-state index is 12.5. The SMILES string of the molecule is Cc1cccc(NC(=O)C2CCN(CC(=O)N[C@@H]3CCCC[C@H]3C)CC2)n1. The minimum Gasteiger partial charge on any atom is -0.352 e. The number of carbonyl (C=O) groups excluding carboxylic acids is 2. The zero-order chi connectivity index (χ0) is 19.2. The van der Waals surface area contributed by atoms with Crippen LogP contribution in [0.1, 0.15) is 51.1 Å². The van der Waals surface area contributed by atoms with E-state index in [4.69, 9.17) is 0 Å². The van der Waals surface area contributed by atoms with Crippen molar-refractivity contribution in [3.8, 4) is 0 Å². The lowest BCUT2D eigenvalue weighted by atomic mass is 9.86. The fraction of sp³-hybridized carbons (Fsp3) is 0.667.